The van der Waals surface area contributed by atoms with Gasteiger partial charge in [0.15, 0.2) is 33.4 Å². The van der Waals surface area contributed by atoms with Crippen molar-refractivity contribution in [3.05, 3.63) is 35.4 Å². The van der Waals surface area contributed by atoms with E-state index in [-0.39, 0.29) is 17.9 Å². The molecular weight excluding hydrogens is 398 g/mol. The summed E-state index contributed by atoms with van der Waals surface area (Å²) in [5.41, 5.74) is 6.30. The fourth-order valence-electron chi connectivity index (χ4n) is 2.16. The molecule has 0 radical (unpaired) electrons. The molecule has 0 unspecified atom stereocenters. The summed E-state index contributed by atoms with van der Waals surface area (Å²) in [6.07, 6.45) is -1.12. The Kier molecular flexibility index (Phi) is 5.86. The van der Waals surface area contributed by atoms with Gasteiger partial charge in [-0.15, -0.1) is 0 Å². The predicted molar refractivity (Wildman–Crippen MR) is 100 cm³/mol. The highest BCUT2D eigenvalue weighted by atomic mass is 32.2. The van der Waals surface area contributed by atoms with Crippen molar-refractivity contribution < 1.29 is 18.7 Å². The Balaban J connectivity index is 1.78. The number of nitrogens with two attached hydrogens (primary N) is 1. The van der Waals surface area contributed by atoms with Gasteiger partial charge in [-0.25, -0.2) is 28.5 Å². The average molecular weight is 412 g/mol. The van der Waals surface area contributed by atoms with Crippen LogP contribution in [0.4, 0.5) is 24.5 Å². The number of rotatable bonds is 7. The third-order valence-electron chi connectivity index (χ3n) is 3.33. The van der Waals surface area contributed by atoms with Gasteiger partial charge in [-0.3, -0.25) is 0 Å². The number of carboxylic acid groups (broad SMARTS) is 1. The van der Waals surface area contributed by atoms with Gasteiger partial charge in [0.1, 0.15) is 4.70 Å². The molecule has 0 aliphatic carbocycles. The number of fused-ring (bicyclic) bond motifs is 1. The lowest BCUT2D eigenvalue weighted by Crippen LogP contribution is -2.27. The number of hydrogen-bond donors (Lipinski definition) is 4. The number of thioether (sulfide) groups is 1. The third kappa shape index (κ3) is 4.71. The maximum absolute atomic E-state index is 13.8. The zero-order valence-electron chi connectivity index (χ0n) is 13.7. The molecule has 12 heteroatoms. The number of nitrogen functional groups attached to an aromatic ring is 1. The van der Waals surface area contributed by atoms with Crippen molar-refractivity contribution >= 4 is 50.5 Å². The molecule has 3 rings (SSSR count). The van der Waals surface area contributed by atoms with Crippen molar-refractivity contribution in [1.29, 1.82) is 0 Å². The van der Waals surface area contributed by atoms with Gasteiger partial charge in [0.05, 0.1) is 0 Å². The van der Waals surface area contributed by atoms with Crippen LogP contribution in [-0.4, -0.2) is 39.2 Å². The number of benzene rings is 1. The molecule has 8 nitrogen and oxygen atoms in total. The Morgan fingerprint density at radius 3 is 2.85 bits per heavy atom. The van der Waals surface area contributed by atoms with E-state index in [1.807, 2.05) is 0 Å². The molecule has 0 bridgehead atoms. The SMILES string of the molecule is Nc1nc2nc(SCc3cccc(F)c3F)nc(NCCNC(=O)O)c2s1. The second-order valence-electron chi connectivity index (χ2n) is 5.22. The molecule has 0 fully saturated rings. The third-order valence-corrected chi connectivity index (χ3v) is 5.11. The number of amides is 1. The Bertz CT molecular complexity index is 984. The molecule has 0 aliphatic heterocycles. The molecule has 2 heterocycles. The summed E-state index contributed by atoms with van der Waals surface area (Å²) in [6, 6.07) is 3.97. The standard InChI is InChI=1S/C15H14F2N6O2S2/c16-8-3-1-2-7(9(8)17)6-26-14-22-11(19-4-5-20-15(24)25)10-12(23-14)21-13(18)27-10/h1-3,20H,4-6H2,(H,24,25)(H3,18,19,21,22,23). The summed E-state index contributed by atoms with van der Waals surface area (Å²) in [7, 11) is 0. The largest absolute Gasteiger partial charge is 0.465 e. The van der Waals surface area contributed by atoms with E-state index in [1.165, 1.54) is 23.5 Å². The number of nitrogens with zero attached hydrogens (tertiary/aromatic N) is 3. The molecule has 5 N–H and O–H groups in total. The van der Waals surface area contributed by atoms with E-state index in [9.17, 15) is 13.6 Å². The molecule has 0 aliphatic rings. The molecule has 142 valence electrons. The van der Waals surface area contributed by atoms with Crippen LogP contribution in [0.15, 0.2) is 23.4 Å². The maximum atomic E-state index is 13.8. The van der Waals surface area contributed by atoms with Gasteiger partial charge in [-0.05, 0) is 6.07 Å². The minimum Gasteiger partial charge on any atom is -0.465 e. The molecule has 3 aromatic rings. The van der Waals surface area contributed by atoms with Gasteiger partial charge in [-0.1, -0.05) is 35.2 Å². The fourth-order valence-corrected chi connectivity index (χ4v) is 3.71. The van der Waals surface area contributed by atoms with Crippen LogP contribution in [-0.2, 0) is 5.75 Å². The average Bonchev–Trinajstić information content (AvgIpc) is 3.00. The number of nitrogens with one attached hydrogen (secondary N) is 2. The quantitative estimate of drug-likeness (QED) is 0.265. The molecule has 1 aromatic carbocycles. The first-order chi connectivity index (χ1) is 12.9. The summed E-state index contributed by atoms with van der Waals surface area (Å²) in [6.45, 7) is 0.463. The van der Waals surface area contributed by atoms with E-state index >= 15 is 0 Å². The van der Waals surface area contributed by atoms with E-state index in [0.29, 0.717) is 33.0 Å². The number of hydrogen-bond acceptors (Lipinski definition) is 8. The number of thiazole rings is 1. The Labute approximate surface area is 160 Å². The molecule has 0 saturated carbocycles. The van der Waals surface area contributed by atoms with Crippen molar-refractivity contribution in [3.63, 3.8) is 0 Å². The van der Waals surface area contributed by atoms with Gasteiger partial charge >= 0.3 is 6.09 Å². The topological polar surface area (TPSA) is 126 Å². The summed E-state index contributed by atoms with van der Waals surface area (Å²) >= 11 is 2.32. The van der Waals surface area contributed by atoms with Crippen molar-refractivity contribution in [2.45, 2.75) is 10.9 Å². The normalized spacial score (nSPS) is 10.9. The summed E-state index contributed by atoms with van der Waals surface area (Å²) in [5, 5.41) is 14.5. The Morgan fingerprint density at radius 1 is 1.26 bits per heavy atom. The Hall–Kier alpha value is -2.73. The first-order valence-corrected chi connectivity index (χ1v) is 9.44. The predicted octanol–water partition coefficient (Wildman–Crippen LogP) is 2.92. The van der Waals surface area contributed by atoms with Crippen LogP contribution in [0.2, 0.25) is 0 Å². The van der Waals surface area contributed by atoms with Crippen LogP contribution in [0, 0.1) is 11.6 Å². The molecule has 27 heavy (non-hydrogen) atoms. The van der Waals surface area contributed by atoms with Crippen molar-refractivity contribution in [2.24, 2.45) is 0 Å². The van der Waals surface area contributed by atoms with Gasteiger partial charge in [-0.2, -0.15) is 0 Å². The zero-order valence-corrected chi connectivity index (χ0v) is 15.3. The highest BCUT2D eigenvalue weighted by molar-refractivity contribution is 7.98. The lowest BCUT2D eigenvalue weighted by atomic mass is 10.2. The molecular formula is C15H14F2N6O2S2. The molecule has 1 amide bonds. The van der Waals surface area contributed by atoms with Crippen LogP contribution >= 0.6 is 23.1 Å². The van der Waals surface area contributed by atoms with Gasteiger partial charge in [0, 0.05) is 24.4 Å². The highest BCUT2D eigenvalue weighted by Gasteiger charge is 2.14. The minimum absolute atomic E-state index is 0.134. The van der Waals surface area contributed by atoms with Crippen LogP contribution in [0.25, 0.3) is 10.3 Å². The van der Waals surface area contributed by atoms with Crippen LogP contribution < -0.4 is 16.4 Å². The van der Waals surface area contributed by atoms with Gasteiger partial charge in [0.2, 0.25) is 0 Å². The maximum Gasteiger partial charge on any atom is 0.404 e. The van der Waals surface area contributed by atoms with Gasteiger partial charge < -0.3 is 21.5 Å². The van der Waals surface area contributed by atoms with E-state index in [1.54, 1.807) is 0 Å². The van der Waals surface area contributed by atoms with Crippen LogP contribution in [0.5, 0.6) is 0 Å². The van der Waals surface area contributed by atoms with Crippen LogP contribution in [0.3, 0.4) is 0 Å². The summed E-state index contributed by atoms with van der Waals surface area (Å²) in [4.78, 5) is 23.3. The lowest BCUT2D eigenvalue weighted by molar-refractivity contribution is 0.195. The first-order valence-electron chi connectivity index (χ1n) is 7.64. The monoisotopic (exact) mass is 412 g/mol. The molecule has 0 atom stereocenters. The second kappa shape index (κ2) is 8.31. The first kappa shape index (κ1) is 19.0. The lowest BCUT2D eigenvalue weighted by Gasteiger charge is -2.08. The van der Waals surface area contributed by atoms with E-state index in [0.717, 1.165) is 17.8 Å². The second-order valence-corrected chi connectivity index (χ2v) is 7.19. The van der Waals surface area contributed by atoms with Crippen LogP contribution in [0.1, 0.15) is 5.56 Å². The molecule has 2 aromatic heterocycles. The van der Waals surface area contributed by atoms with Gasteiger partial charge in [0.25, 0.3) is 0 Å². The molecule has 0 spiro atoms. The summed E-state index contributed by atoms with van der Waals surface area (Å²) < 4.78 is 27.7. The van der Waals surface area contributed by atoms with Crippen molar-refractivity contribution in [2.75, 3.05) is 24.1 Å². The number of anilines is 2. The number of carbonyl (C=O) groups is 1. The van der Waals surface area contributed by atoms with Crippen molar-refractivity contribution in [1.82, 2.24) is 20.3 Å². The van der Waals surface area contributed by atoms with E-state index < -0.39 is 17.7 Å². The van der Waals surface area contributed by atoms with E-state index in [2.05, 4.69) is 25.6 Å². The number of aromatic nitrogens is 3. The Morgan fingerprint density at radius 2 is 2.07 bits per heavy atom. The number of halogens is 2. The molecule has 0 saturated heterocycles. The zero-order chi connectivity index (χ0) is 19.4. The fraction of sp³-hybridized carbons (Fsp3) is 0.200. The smallest absolute Gasteiger partial charge is 0.404 e. The van der Waals surface area contributed by atoms with Crippen molar-refractivity contribution in [3.8, 4) is 0 Å². The summed E-state index contributed by atoms with van der Waals surface area (Å²) in [5.74, 6) is -1.23. The highest BCUT2D eigenvalue weighted by Crippen LogP contribution is 2.31. The minimum atomic E-state index is -1.12. The van der Waals surface area contributed by atoms with E-state index in [4.69, 9.17) is 10.8 Å².